The van der Waals surface area contributed by atoms with Crippen LogP contribution >= 0.6 is 0 Å². The lowest BCUT2D eigenvalue weighted by Gasteiger charge is -2.13. The Morgan fingerprint density at radius 1 is 1.18 bits per heavy atom. The zero-order valence-corrected chi connectivity index (χ0v) is 9.76. The van der Waals surface area contributed by atoms with Crippen molar-refractivity contribution in [2.24, 2.45) is 0 Å². The zero-order chi connectivity index (χ0) is 11.7. The van der Waals surface area contributed by atoms with E-state index < -0.39 is 0 Å². The van der Waals surface area contributed by atoms with Gasteiger partial charge in [0.1, 0.15) is 11.6 Å². The van der Waals surface area contributed by atoms with Crippen LogP contribution in [0.1, 0.15) is 30.4 Å². The lowest BCUT2D eigenvalue weighted by molar-refractivity contribution is 0.274. The largest absolute Gasteiger partial charge is 0.491 e. The number of halogens is 1. The normalized spacial score (nSPS) is 23.6. The molecule has 0 aliphatic carbocycles. The standard InChI is InChI=1S/C14H16FNO/c15-11-6-5-10-3-2-8-17-14(12(10)9-11)13-4-1-7-16-13/h5-6,9,16H,1-4,7-8H2/b14-13-. The van der Waals surface area contributed by atoms with Gasteiger partial charge in [0.2, 0.25) is 0 Å². The number of hydrogen-bond donors (Lipinski definition) is 1. The summed E-state index contributed by atoms with van der Waals surface area (Å²) < 4.78 is 19.2. The van der Waals surface area contributed by atoms with E-state index in [9.17, 15) is 4.39 Å². The fourth-order valence-corrected chi connectivity index (χ4v) is 2.53. The van der Waals surface area contributed by atoms with Crippen LogP contribution in [0.3, 0.4) is 0 Å². The van der Waals surface area contributed by atoms with Crippen LogP contribution in [0, 0.1) is 5.82 Å². The third-order valence-electron chi connectivity index (χ3n) is 3.37. The third kappa shape index (κ3) is 2.02. The van der Waals surface area contributed by atoms with Crippen molar-refractivity contribution in [3.8, 4) is 0 Å². The highest BCUT2D eigenvalue weighted by atomic mass is 19.1. The number of nitrogens with one attached hydrogen (secondary N) is 1. The van der Waals surface area contributed by atoms with Crippen LogP contribution in [0.2, 0.25) is 0 Å². The first-order valence-corrected chi connectivity index (χ1v) is 6.23. The van der Waals surface area contributed by atoms with E-state index in [0.717, 1.165) is 55.9 Å². The van der Waals surface area contributed by atoms with Crippen molar-refractivity contribution in [3.63, 3.8) is 0 Å². The lowest BCUT2D eigenvalue weighted by Crippen LogP contribution is -2.08. The van der Waals surface area contributed by atoms with Gasteiger partial charge in [-0.1, -0.05) is 6.07 Å². The molecule has 0 radical (unpaired) electrons. The van der Waals surface area contributed by atoms with Gasteiger partial charge in [0.05, 0.1) is 12.3 Å². The van der Waals surface area contributed by atoms with Crippen molar-refractivity contribution in [1.29, 1.82) is 0 Å². The van der Waals surface area contributed by atoms with E-state index >= 15 is 0 Å². The number of benzene rings is 1. The Labute approximate surface area is 100 Å². The van der Waals surface area contributed by atoms with E-state index in [-0.39, 0.29) is 5.82 Å². The van der Waals surface area contributed by atoms with Gasteiger partial charge in [-0.2, -0.15) is 0 Å². The average Bonchev–Trinajstić information content (AvgIpc) is 2.77. The molecule has 0 bridgehead atoms. The average molecular weight is 233 g/mol. The summed E-state index contributed by atoms with van der Waals surface area (Å²) >= 11 is 0. The van der Waals surface area contributed by atoms with Crippen molar-refractivity contribution >= 4 is 5.76 Å². The maximum atomic E-state index is 13.4. The molecule has 2 aliphatic rings. The molecule has 90 valence electrons. The number of allylic oxidation sites excluding steroid dienone is 1. The smallest absolute Gasteiger partial charge is 0.145 e. The quantitative estimate of drug-likeness (QED) is 0.744. The van der Waals surface area contributed by atoms with Crippen LogP contribution in [-0.2, 0) is 11.2 Å². The van der Waals surface area contributed by atoms with Crippen molar-refractivity contribution < 1.29 is 9.13 Å². The second kappa shape index (κ2) is 4.40. The minimum absolute atomic E-state index is 0.189. The molecular formula is C14H16FNO. The molecule has 2 aliphatic heterocycles. The highest BCUT2D eigenvalue weighted by molar-refractivity contribution is 5.66. The predicted octanol–water partition coefficient (Wildman–Crippen LogP) is 2.84. The van der Waals surface area contributed by atoms with Crippen LogP contribution < -0.4 is 5.32 Å². The molecule has 0 spiro atoms. The summed E-state index contributed by atoms with van der Waals surface area (Å²) in [6.07, 6.45) is 4.10. The van der Waals surface area contributed by atoms with Crippen molar-refractivity contribution in [2.45, 2.75) is 25.7 Å². The highest BCUT2D eigenvalue weighted by Gasteiger charge is 2.20. The molecule has 2 heterocycles. The Bertz CT molecular complexity index is 459. The number of hydrogen-bond acceptors (Lipinski definition) is 2. The van der Waals surface area contributed by atoms with Gasteiger partial charge in [-0.25, -0.2) is 4.39 Å². The van der Waals surface area contributed by atoms with Gasteiger partial charge in [0.15, 0.2) is 0 Å². The first kappa shape index (κ1) is 10.6. The third-order valence-corrected chi connectivity index (χ3v) is 3.37. The molecule has 0 unspecified atom stereocenters. The topological polar surface area (TPSA) is 21.3 Å². The van der Waals surface area contributed by atoms with Gasteiger partial charge in [0.25, 0.3) is 0 Å². The van der Waals surface area contributed by atoms with Gasteiger partial charge >= 0.3 is 0 Å². The molecule has 3 heteroatoms. The Balaban J connectivity index is 2.11. The van der Waals surface area contributed by atoms with Crippen LogP contribution in [0.5, 0.6) is 0 Å². The molecule has 1 aromatic rings. The summed E-state index contributed by atoms with van der Waals surface area (Å²) in [6, 6.07) is 5.02. The molecule has 1 aromatic carbocycles. The number of aryl methyl sites for hydroxylation is 1. The van der Waals surface area contributed by atoms with Crippen molar-refractivity contribution in [1.82, 2.24) is 5.32 Å². The monoisotopic (exact) mass is 233 g/mol. The Morgan fingerprint density at radius 3 is 2.94 bits per heavy atom. The molecule has 1 saturated heterocycles. The van der Waals surface area contributed by atoms with Gasteiger partial charge < -0.3 is 10.1 Å². The first-order valence-electron chi connectivity index (χ1n) is 6.23. The molecule has 17 heavy (non-hydrogen) atoms. The molecule has 3 rings (SSSR count). The maximum Gasteiger partial charge on any atom is 0.145 e. The van der Waals surface area contributed by atoms with E-state index in [4.69, 9.17) is 4.74 Å². The fourth-order valence-electron chi connectivity index (χ4n) is 2.53. The van der Waals surface area contributed by atoms with E-state index in [2.05, 4.69) is 5.32 Å². The van der Waals surface area contributed by atoms with Gasteiger partial charge in [-0.15, -0.1) is 0 Å². The molecule has 0 amide bonds. The minimum atomic E-state index is -0.189. The predicted molar refractivity (Wildman–Crippen MR) is 64.8 cm³/mol. The maximum absolute atomic E-state index is 13.4. The van der Waals surface area contributed by atoms with Crippen LogP contribution in [0.25, 0.3) is 5.76 Å². The summed E-state index contributed by atoms with van der Waals surface area (Å²) in [6.45, 7) is 1.71. The first-order chi connectivity index (χ1) is 8.34. The van der Waals surface area contributed by atoms with Crippen molar-refractivity contribution in [3.05, 3.63) is 40.8 Å². The van der Waals surface area contributed by atoms with Gasteiger partial charge in [-0.05, 0) is 43.4 Å². The Hall–Kier alpha value is -1.51. The van der Waals surface area contributed by atoms with Gasteiger partial charge in [-0.3, -0.25) is 0 Å². The fraction of sp³-hybridized carbons (Fsp3) is 0.429. The van der Waals surface area contributed by atoms with Crippen molar-refractivity contribution in [2.75, 3.05) is 13.2 Å². The lowest BCUT2D eigenvalue weighted by atomic mass is 10.0. The second-order valence-corrected chi connectivity index (χ2v) is 4.59. The highest BCUT2D eigenvalue weighted by Crippen LogP contribution is 2.30. The van der Waals surface area contributed by atoms with Gasteiger partial charge in [0, 0.05) is 12.1 Å². The minimum Gasteiger partial charge on any atom is -0.491 e. The van der Waals surface area contributed by atoms with E-state index in [0.29, 0.717) is 0 Å². The summed E-state index contributed by atoms with van der Waals surface area (Å²) in [5, 5.41) is 3.35. The SMILES string of the molecule is Fc1ccc2c(c1)/C(=C1\CCCN1)OCCC2. The van der Waals surface area contributed by atoms with E-state index in [1.165, 1.54) is 11.6 Å². The molecule has 1 fully saturated rings. The zero-order valence-electron chi connectivity index (χ0n) is 9.76. The number of fused-ring (bicyclic) bond motifs is 1. The molecule has 1 N–H and O–H groups in total. The summed E-state index contributed by atoms with van der Waals surface area (Å²) in [4.78, 5) is 0. The summed E-state index contributed by atoms with van der Waals surface area (Å²) in [5.41, 5.74) is 3.27. The summed E-state index contributed by atoms with van der Waals surface area (Å²) in [5.74, 6) is 0.680. The number of rotatable bonds is 0. The number of ether oxygens (including phenoxy) is 1. The van der Waals surface area contributed by atoms with Crippen LogP contribution in [-0.4, -0.2) is 13.2 Å². The second-order valence-electron chi connectivity index (χ2n) is 4.59. The van der Waals surface area contributed by atoms with E-state index in [1.807, 2.05) is 6.07 Å². The van der Waals surface area contributed by atoms with E-state index in [1.54, 1.807) is 6.07 Å². The molecule has 0 atom stereocenters. The van der Waals surface area contributed by atoms with Crippen LogP contribution in [0.4, 0.5) is 4.39 Å². The Kier molecular flexibility index (Phi) is 2.75. The molecule has 0 saturated carbocycles. The van der Waals surface area contributed by atoms with Crippen LogP contribution in [0.15, 0.2) is 23.9 Å². The molecule has 0 aromatic heterocycles. The Morgan fingerprint density at radius 2 is 2.12 bits per heavy atom. The summed E-state index contributed by atoms with van der Waals surface area (Å²) in [7, 11) is 0. The molecular weight excluding hydrogens is 217 g/mol. The molecule has 2 nitrogen and oxygen atoms in total.